The quantitative estimate of drug-likeness (QED) is 0.0562. The Morgan fingerprint density at radius 2 is 1.55 bits per heavy atom. The lowest BCUT2D eigenvalue weighted by Gasteiger charge is -2.25. The maximum atomic E-state index is 13.4. The molecule has 0 bridgehead atoms. The number of hydrogen-bond donors (Lipinski definition) is 10. The number of para-hydroxylation sites is 1. The first-order valence-electron chi connectivity index (χ1n) is 12.3. The number of carbonyl (C=O) groups is 5. The van der Waals surface area contributed by atoms with Gasteiger partial charge in [-0.2, -0.15) is 0 Å². The number of nitrogens with two attached hydrogens (primary N) is 3. The molecule has 0 aliphatic heterocycles. The van der Waals surface area contributed by atoms with E-state index in [1.54, 1.807) is 12.3 Å². The molecule has 0 aliphatic rings. The summed E-state index contributed by atoms with van der Waals surface area (Å²) in [6.45, 7) is -0.594. The number of rotatable bonds is 16. The largest absolute Gasteiger partial charge is 0.481 e. The molecule has 0 spiro atoms. The van der Waals surface area contributed by atoms with Crippen LogP contribution in [0.1, 0.15) is 24.8 Å². The number of aromatic nitrogens is 1. The number of benzene rings is 1. The van der Waals surface area contributed by atoms with Gasteiger partial charge in [0.05, 0.1) is 13.0 Å². The van der Waals surface area contributed by atoms with Crippen molar-refractivity contribution in [1.82, 2.24) is 20.9 Å². The van der Waals surface area contributed by atoms with Crippen LogP contribution in [0.5, 0.6) is 0 Å². The number of H-pyrrole nitrogens is 1. The minimum absolute atomic E-state index is 0.0289. The number of aliphatic hydroxyl groups is 1. The second-order valence-electron chi connectivity index (χ2n) is 8.92. The molecule has 1 aromatic heterocycles. The van der Waals surface area contributed by atoms with Crippen molar-refractivity contribution in [1.29, 1.82) is 0 Å². The van der Waals surface area contributed by atoms with Crippen molar-refractivity contribution < 1.29 is 39.3 Å². The Bertz CT molecular complexity index is 1240. The van der Waals surface area contributed by atoms with Crippen LogP contribution in [0.2, 0.25) is 0 Å². The average molecular weight is 563 g/mol. The highest BCUT2D eigenvalue weighted by Gasteiger charge is 2.31. The predicted molar refractivity (Wildman–Crippen MR) is 143 cm³/mol. The Balaban J connectivity index is 2.31. The molecule has 0 saturated heterocycles. The fraction of sp³-hybridized carbons (Fsp3) is 0.417. The van der Waals surface area contributed by atoms with E-state index in [4.69, 9.17) is 22.3 Å². The van der Waals surface area contributed by atoms with Gasteiger partial charge in [-0.25, -0.2) is 4.79 Å². The van der Waals surface area contributed by atoms with E-state index in [1.807, 2.05) is 18.2 Å². The Hall–Kier alpha value is -4.70. The molecule has 4 atom stereocenters. The van der Waals surface area contributed by atoms with Crippen LogP contribution in [-0.2, 0) is 30.4 Å². The van der Waals surface area contributed by atoms with Gasteiger partial charge in [-0.1, -0.05) is 18.2 Å². The zero-order valence-corrected chi connectivity index (χ0v) is 21.5. The summed E-state index contributed by atoms with van der Waals surface area (Å²) in [5, 5.41) is 35.4. The van der Waals surface area contributed by atoms with E-state index in [0.717, 1.165) is 10.9 Å². The number of carbonyl (C=O) groups excluding carboxylic acids is 3. The molecule has 3 amide bonds. The van der Waals surface area contributed by atoms with Crippen LogP contribution in [0.3, 0.4) is 0 Å². The molecule has 0 saturated carbocycles. The number of aliphatic carboxylic acids is 2. The molecule has 2 rings (SSSR count). The number of guanidine groups is 1. The molecule has 16 heteroatoms. The van der Waals surface area contributed by atoms with Gasteiger partial charge in [0.1, 0.15) is 24.2 Å². The Kier molecular flexibility index (Phi) is 11.8. The fourth-order valence-electron chi connectivity index (χ4n) is 3.78. The smallest absolute Gasteiger partial charge is 0.326 e. The number of hydrogen-bond acceptors (Lipinski definition) is 8. The Morgan fingerprint density at radius 3 is 2.17 bits per heavy atom. The zero-order chi connectivity index (χ0) is 29.8. The van der Waals surface area contributed by atoms with Crippen LogP contribution in [0.15, 0.2) is 35.5 Å². The Morgan fingerprint density at radius 1 is 0.925 bits per heavy atom. The van der Waals surface area contributed by atoms with Gasteiger partial charge in [0.25, 0.3) is 0 Å². The van der Waals surface area contributed by atoms with E-state index >= 15 is 0 Å². The third-order valence-electron chi connectivity index (χ3n) is 5.84. The standard InChI is InChI=1S/C24H34N8O8/c25-14(11-33)20(36)31-17(8-12-10-29-15-5-2-1-4-13(12)15)22(38)30-16(6-3-7-28-24(26)27)21(37)32-18(23(39)40)9-19(34)35/h1-2,4-5,10,14,16-18,29,33H,3,6-9,11,25H2,(H,30,38)(H,31,36)(H,32,37)(H,34,35)(H,39,40)(H4,26,27,28). The van der Waals surface area contributed by atoms with E-state index in [2.05, 4.69) is 25.9 Å². The van der Waals surface area contributed by atoms with E-state index < -0.39 is 66.9 Å². The maximum Gasteiger partial charge on any atom is 0.326 e. The monoisotopic (exact) mass is 562 g/mol. The van der Waals surface area contributed by atoms with Gasteiger partial charge in [0, 0.05) is 30.1 Å². The van der Waals surface area contributed by atoms with Crippen LogP contribution in [0.4, 0.5) is 0 Å². The lowest BCUT2D eigenvalue weighted by molar-refractivity contribution is -0.147. The number of aliphatic imine (C=N–C) groups is 1. The van der Waals surface area contributed by atoms with Gasteiger partial charge in [-0.05, 0) is 24.5 Å². The molecule has 0 radical (unpaired) electrons. The third-order valence-corrected chi connectivity index (χ3v) is 5.84. The van der Waals surface area contributed by atoms with Crippen LogP contribution >= 0.6 is 0 Å². The summed E-state index contributed by atoms with van der Waals surface area (Å²) in [7, 11) is 0. The molecular formula is C24H34N8O8. The third kappa shape index (κ3) is 9.55. The molecule has 1 heterocycles. The van der Waals surface area contributed by atoms with Crippen molar-refractivity contribution >= 4 is 46.5 Å². The minimum atomic E-state index is -1.76. The van der Waals surface area contributed by atoms with Crippen LogP contribution < -0.4 is 33.2 Å². The first kappa shape index (κ1) is 31.5. The predicted octanol–water partition coefficient (Wildman–Crippen LogP) is -2.90. The summed E-state index contributed by atoms with van der Waals surface area (Å²) in [5.74, 6) is -5.82. The molecule has 0 fully saturated rings. The van der Waals surface area contributed by atoms with E-state index in [0.29, 0.717) is 5.56 Å². The van der Waals surface area contributed by atoms with Crippen molar-refractivity contribution in [2.45, 2.75) is 49.9 Å². The number of nitrogens with one attached hydrogen (secondary N) is 4. The van der Waals surface area contributed by atoms with E-state index in [9.17, 15) is 34.2 Å². The normalized spacial score (nSPS) is 13.8. The SMILES string of the molecule is NC(N)=NCCCC(NC(=O)C(Cc1c[nH]c2ccccc12)NC(=O)C(N)CO)C(=O)NC(CC(=O)O)C(=O)O. The maximum absolute atomic E-state index is 13.4. The van der Waals surface area contributed by atoms with Gasteiger partial charge in [-0.3, -0.25) is 24.2 Å². The van der Waals surface area contributed by atoms with Crippen molar-refractivity contribution in [3.05, 3.63) is 36.0 Å². The van der Waals surface area contributed by atoms with Gasteiger partial charge in [0.2, 0.25) is 17.7 Å². The number of aliphatic hydroxyl groups excluding tert-OH is 1. The topological polar surface area (TPSA) is 288 Å². The number of aromatic amines is 1. The number of carboxylic acids is 2. The van der Waals surface area contributed by atoms with Crippen LogP contribution in [0, 0.1) is 0 Å². The molecule has 16 nitrogen and oxygen atoms in total. The van der Waals surface area contributed by atoms with Crippen molar-refractivity contribution in [2.75, 3.05) is 13.2 Å². The highest BCUT2D eigenvalue weighted by molar-refractivity contribution is 5.95. The van der Waals surface area contributed by atoms with E-state index in [1.165, 1.54) is 0 Å². The number of amides is 3. The van der Waals surface area contributed by atoms with Crippen molar-refractivity contribution in [3.8, 4) is 0 Å². The van der Waals surface area contributed by atoms with Gasteiger partial charge < -0.3 is 53.5 Å². The van der Waals surface area contributed by atoms with Gasteiger partial charge in [0.15, 0.2) is 5.96 Å². The highest BCUT2D eigenvalue weighted by Crippen LogP contribution is 2.19. The zero-order valence-electron chi connectivity index (χ0n) is 21.5. The minimum Gasteiger partial charge on any atom is -0.481 e. The lowest BCUT2D eigenvalue weighted by atomic mass is 10.0. The summed E-state index contributed by atoms with van der Waals surface area (Å²) >= 11 is 0. The molecular weight excluding hydrogens is 528 g/mol. The van der Waals surface area contributed by atoms with Gasteiger partial charge >= 0.3 is 11.9 Å². The number of nitrogens with zero attached hydrogens (tertiary/aromatic N) is 1. The average Bonchev–Trinajstić information content (AvgIpc) is 3.31. The van der Waals surface area contributed by atoms with Crippen molar-refractivity contribution in [3.63, 3.8) is 0 Å². The summed E-state index contributed by atoms with van der Waals surface area (Å²) in [6.07, 6.45) is 0.859. The molecule has 1 aromatic carbocycles. The summed E-state index contributed by atoms with van der Waals surface area (Å²) < 4.78 is 0. The molecule has 40 heavy (non-hydrogen) atoms. The molecule has 0 aliphatic carbocycles. The highest BCUT2D eigenvalue weighted by atomic mass is 16.4. The second kappa shape index (κ2) is 15.0. The fourth-order valence-corrected chi connectivity index (χ4v) is 3.78. The summed E-state index contributed by atoms with van der Waals surface area (Å²) in [6, 6.07) is 1.57. The summed E-state index contributed by atoms with van der Waals surface area (Å²) in [4.78, 5) is 68.2. The second-order valence-corrected chi connectivity index (χ2v) is 8.92. The molecule has 218 valence electrons. The molecule has 4 unspecified atom stereocenters. The van der Waals surface area contributed by atoms with E-state index in [-0.39, 0.29) is 31.8 Å². The van der Waals surface area contributed by atoms with Gasteiger partial charge in [-0.15, -0.1) is 0 Å². The number of carboxylic acid groups (broad SMARTS) is 2. The Labute approximate surface area is 228 Å². The number of fused-ring (bicyclic) bond motifs is 1. The first-order chi connectivity index (χ1) is 18.9. The van der Waals surface area contributed by atoms with Crippen LogP contribution in [0.25, 0.3) is 10.9 Å². The van der Waals surface area contributed by atoms with Crippen molar-refractivity contribution in [2.24, 2.45) is 22.2 Å². The molecule has 13 N–H and O–H groups in total. The van der Waals surface area contributed by atoms with Crippen LogP contribution in [-0.4, -0.2) is 93.2 Å². The summed E-state index contributed by atoms with van der Waals surface area (Å²) in [5.41, 5.74) is 17.7. The lowest BCUT2D eigenvalue weighted by Crippen LogP contribution is -2.58. The molecule has 2 aromatic rings. The first-order valence-corrected chi connectivity index (χ1v) is 12.3.